The molecule has 3 rings (SSSR count). The monoisotopic (exact) mass is 385 g/mol. The number of nitrogens with zero attached hydrogens (tertiary/aromatic N) is 3. The highest BCUT2D eigenvalue weighted by molar-refractivity contribution is 5.94. The molecule has 1 saturated heterocycles. The van der Waals surface area contributed by atoms with Crippen molar-refractivity contribution in [2.75, 3.05) is 19.7 Å². The van der Waals surface area contributed by atoms with Gasteiger partial charge in [0.1, 0.15) is 0 Å². The van der Waals surface area contributed by atoms with Crippen molar-refractivity contribution in [2.24, 2.45) is 0 Å². The molecular formula is C21H27N3O4. The maximum absolute atomic E-state index is 12.8. The number of hydrogen-bond donors (Lipinski definition) is 1. The molecule has 150 valence electrons. The Morgan fingerprint density at radius 2 is 1.89 bits per heavy atom. The van der Waals surface area contributed by atoms with Gasteiger partial charge in [0.2, 0.25) is 0 Å². The first-order valence-electron chi connectivity index (χ1n) is 9.48. The maximum atomic E-state index is 12.8. The number of aromatic nitrogens is 2. The summed E-state index contributed by atoms with van der Waals surface area (Å²) >= 11 is 0. The van der Waals surface area contributed by atoms with E-state index in [1.807, 2.05) is 56.9 Å². The normalized spacial score (nSPS) is 16.2. The van der Waals surface area contributed by atoms with E-state index in [2.05, 4.69) is 5.10 Å². The number of benzene rings is 1. The summed E-state index contributed by atoms with van der Waals surface area (Å²) in [4.78, 5) is 25.5. The Hall–Kier alpha value is -2.67. The summed E-state index contributed by atoms with van der Waals surface area (Å²) in [7, 11) is 0. The van der Waals surface area contributed by atoms with Crippen molar-refractivity contribution in [1.82, 2.24) is 14.7 Å². The Morgan fingerprint density at radius 3 is 2.50 bits per heavy atom. The fourth-order valence-corrected chi connectivity index (χ4v) is 3.64. The van der Waals surface area contributed by atoms with Crippen LogP contribution in [0.1, 0.15) is 47.6 Å². The average molecular weight is 385 g/mol. The topological polar surface area (TPSA) is 84.7 Å². The SMILES string of the molecule is Cc1nn(-c2ccc(C(=O)N3CCOC(C)(C)C3)cc2)c(C)c1CCC(=O)O. The van der Waals surface area contributed by atoms with Gasteiger partial charge in [-0.2, -0.15) is 5.10 Å². The van der Waals surface area contributed by atoms with Gasteiger partial charge in [0.25, 0.3) is 5.91 Å². The van der Waals surface area contributed by atoms with Crippen molar-refractivity contribution in [3.8, 4) is 5.69 Å². The van der Waals surface area contributed by atoms with Crippen molar-refractivity contribution >= 4 is 11.9 Å². The molecule has 28 heavy (non-hydrogen) atoms. The number of carboxylic acids is 1. The lowest BCUT2D eigenvalue weighted by Gasteiger charge is -2.38. The van der Waals surface area contributed by atoms with E-state index in [9.17, 15) is 9.59 Å². The molecule has 0 atom stereocenters. The molecule has 0 radical (unpaired) electrons. The smallest absolute Gasteiger partial charge is 0.303 e. The third kappa shape index (κ3) is 4.25. The van der Waals surface area contributed by atoms with Gasteiger partial charge >= 0.3 is 5.97 Å². The standard InChI is InChI=1S/C21H27N3O4/c1-14-18(9-10-19(25)26)15(2)24(22-14)17-7-5-16(6-8-17)20(27)23-11-12-28-21(3,4)13-23/h5-8H,9-13H2,1-4H3,(H,25,26). The van der Waals surface area contributed by atoms with E-state index in [0.29, 0.717) is 31.7 Å². The third-order valence-corrected chi connectivity index (χ3v) is 5.10. The fraction of sp³-hybridized carbons (Fsp3) is 0.476. The molecule has 1 N–H and O–H groups in total. The number of rotatable bonds is 5. The number of carbonyl (C=O) groups is 2. The van der Waals surface area contributed by atoms with E-state index in [-0.39, 0.29) is 17.9 Å². The molecule has 2 heterocycles. The molecule has 2 aromatic rings. The minimum Gasteiger partial charge on any atom is -0.481 e. The quantitative estimate of drug-likeness (QED) is 0.855. The molecule has 0 unspecified atom stereocenters. The zero-order chi connectivity index (χ0) is 20.5. The molecule has 0 spiro atoms. The molecule has 1 aliphatic heterocycles. The first kappa shape index (κ1) is 20.1. The van der Waals surface area contributed by atoms with Gasteiger partial charge < -0.3 is 14.7 Å². The lowest BCUT2D eigenvalue weighted by molar-refractivity contribution is -0.136. The van der Waals surface area contributed by atoms with Crippen molar-refractivity contribution in [2.45, 2.75) is 46.1 Å². The minimum absolute atomic E-state index is 0.00144. The van der Waals surface area contributed by atoms with E-state index >= 15 is 0 Å². The molecule has 1 fully saturated rings. The number of hydrogen-bond acceptors (Lipinski definition) is 4. The zero-order valence-corrected chi connectivity index (χ0v) is 16.9. The summed E-state index contributed by atoms with van der Waals surface area (Å²) in [6.07, 6.45) is 0.535. The Balaban J connectivity index is 1.78. The molecule has 0 saturated carbocycles. The molecule has 0 bridgehead atoms. The van der Waals surface area contributed by atoms with Crippen LogP contribution in [-0.4, -0.2) is 57.0 Å². The molecule has 1 aromatic carbocycles. The van der Waals surface area contributed by atoms with Gasteiger partial charge in [-0.15, -0.1) is 0 Å². The highest BCUT2D eigenvalue weighted by Gasteiger charge is 2.30. The van der Waals surface area contributed by atoms with E-state index in [4.69, 9.17) is 9.84 Å². The number of ether oxygens (including phenoxy) is 1. The van der Waals surface area contributed by atoms with Crippen LogP contribution in [0.15, 0.2) is 24.3 Å². The van der Waals surface area contributed by atoms with Crippen LogP contribution < -0.4 is 0 Å². The number of carboxylic acid groups (broad SMARTS) is 1. The predicted molar refractivity (Wildman–Crippen MR) is 105 cm³/mol. The number of amides is 1. The predicted octanol–water partition coefficient (Wildman–Crippen LogP) is 2.76. The largest absolute Gasteiger partial charge is 0.481 e. The van der Waals surface area contributed by atoms with Gasteiger partial charge in [-0.1, -0.05) is 0 Å². The lowest BCUT2D eigenvalue weighted by Crippen LogP contribution is -2.50. The Bertz CT molecular complexity index is 884. The van der Waals surface area contributed by atoms with Crippen molar-refractivity contribution in [3.05, 3.63) is 46.8 Å². The first-order valence-corrected chi connectivity index (χ1v) is 9.48. The molecule has 1 aliphatic rings. The number of morpholine rings is 1. The molecule has 7 heteroatoms. The Labute approximate surface area is 164 Å². The van der Waals surface area contributed by atoms with Crippen LogP contribution >= 0.6 is 0 Å². The van der Waals surface area contributed by atoms with E-state index in [0.717, 1.165) is 22.6 Å². The first-order chi connectivity index (χ1) is 13.2. The van der Waals surface area contributed by atoms with Crippen LogP contribution in [0.2, 0.25) is 0 Å². The van der Waals surface area contributed by atoms with Crippen molar-refractivity contribution in [3.63, 3.8) is 0 Å². The second kappa shape index (κ2) is 7.75. The van der Waals surface area contributed by atoms with Crippen LogP contribution in [0.5, 0.6) is 0 Å². The molecule has 1 amide bonds. The lowest BCUT2D eigenvalue weighted by atomic mass is 10.1. The summed E-state index contributed by atoms with van der Waals surface area (Å²) in [6.45, 7) is 9.50. The maximum Gasteiger partial charge on any atom is 0.303 e. The van der Waals surface area contributed by atoms with Crippen LogP contribution in [0.4, 0.5) is 0 Å². The highest BCUT2D eigenvalue weighted by atomic mass is 16.5. The summed E-state index contributed by atoms with van der Waals surface area (Å²) in [5.74, 6) is -0.820. The van der Waals surface area contributed by atoms with Gasteiger partial charge in [0.15, 0.2) is 0 Å². The van der Waals surface area contributed by atoms with Gasteiger partial charge in [-0.05, 0) is 63.9 Å². The van der Waals surface area contributed by atoms with Crippen molar-refractivity contribution in [1.29, 1.82) is 0 Å². The molecule has 7 nitrogen and oxygen atoms in total. The minimum atomic E-state index is -0.819. The van der Waals surface area contributed by atoms with Gasteiger partial charge in [0, 0.05) is 30.8 Å². The van der Waals surface area contributed by atoms with Crippen LogP contribution in [0, 0.1) is 13.8 Å². The fourth-order valence-electron chi connectivity index (χ4n) is 3.64. The molecular weight excluding hydrogens is 358 g/mol. The summed E-state index contributed by atoms with van der Waals surface area (Å²) in [6, 6.07) is 7.37. The molecule has 1 aromatic heterocycles. The van der Waals surface area contributed by atoms with Gasteiger partial charge in [-0.3, -0.25) is 9.59 Å². The van der Waals surface area contributed by atoms with Crippen LogP contribution in [0.3, 0.4) is 0 Å². The highest BCUT2D eigenvalue weighted by Crippen LogP contribution is 2.22. The van der Waals surface area contributed by atoms with Crippen molar-refractivity contribution < 1.29 is 19.4 Å². The van der Waals surface area contributed by atoms with Crippen LogP contribution in [-0.2, 0) is 16.0 Å². The number of aryl methyl sites for hydroxylation is 1. The Kier molecular flexibility index (Phi) is 5.56. The number of carbonyl (C=O) groups excluding carboxylic acids is 1. The van der Waals surface area contributed by atoms with Gasteiger partial charge in [-0.25, -0.2) is 4.68 Å². The zero-order valence-electron chi connectivity index (χ0n) is 16.9. The summed E-state index contributed by atoms with van der Waals surface area (Å²) in [5.41, 5.74) is 3.86. The van der Waals surface area contributed by atoms with E-state index < -0.39 is 5.97 Å². The summed E-state index contributed by atoms with van der Waals surface area (Å²) < 4.78 is 7.48. The summed E-state index contributed by atoms with van der Waals surface area (Å²) in [5, 5.41) is 13.5. The number of aliphatic carboxylic acids is 1. The second-order valence-electron chi connectivity index (χ2n) is 7.84. The third-order valence-electron chi connectivity index (χ3n) is 5.10. The Morgan fingerprint density at radius 1 is 1.21 bits per heavy atom. The second-order valence-corrected chi connectivity index (χ2v) is 7.84. The van der Waals surface area contributed by atoms with E-state index in [1.165, 1.54) is 0 Å². The molecule has 0 aliphatic carbocycles. The van der Waals surface area contributed by atoms with Crippen LogP contribution in [0.25, 0.3) is 5.69 Å². The average Bonchev–Trinajstić information content (AvgIpc) is 2.92. The van der Waals surface area contributed by atoms with E-state index in [1.54, 1.807) is 4.68 Å². The van der Waals surface area contributed by atoms with Gasteiger partial charge in [0.05, 0.1) is 23.6 Å².